The van der Waals surface area contributed by atoms with E-state index in [0.29, 0.717) is 28.9 Å². The van der Waals surface area contributed by atoms with Gasteiger partial charge in [-0.1, -0.05) is 53.9 Å². The Morgan fingerprint density at radius 2 is 1.67 bits per heavy atom. The Kier molecular flexibility index (Phi) is 18.0. The second kappa shape index (κ2) is 20.7. The number of amides is 1. The summed E-state index contributed by atoms with van der Waals surface area (Å²) in [5.74, 6) is 5.71. The second-order valence-corrected chi connectivity index (χ2v) is 20.9. The molecule has 55 heavy (non-hydrogen) atoms. The average molecular weight is 825 g/mol. The van der Waals surface area contributed by atoms with Crippen LogP contribution in [0.5, 0.6) is 0 Å². The fourth-order valence-corrected chi connectivity index (χ4v) is 13.3. The zero-order valence-electron chi connectivity index (χ0n) is 34.3. The van der Waals surface area contributed by atoms with Crippen LogP contribution in [0.3, 0.4) is 0 Å². The standard InChI is InChI=1S/C40H71N2O10PS.Na/c1-24(2)8-6-9-25(3)29-12-13-30-28-11-10-27-22-26(14-17-39(27,4)31(28)15-18-40(29,30)5)37(47)42-20-16-33(43)41-19-7-21-54-38-36(46)35(45)34(44)32(52-38)23-51-53(48,49)50;/h24-32,34-36,38,44-46H,6-23H2,1-5H3,(H,41,43)(H,42,47)(H2,48,49,50);/q;+1/p-1/t25-,26+,27?,28+,29-,30+,31+,32-,34-,35+,36+,38+,39+,40-;/m1./s1. The number of rotatable bonds is 17. The van der Waals surface area contributed by atoms with Crippen molar-refractivity contribution in [1.29, 1.82) is 0 Å². The first-order chi connectivity index (χ1) is 25.4. The molecule has 1 heterocycles. The smallest absolute Gasteiger partial charge is 0.862 e. The number of carbonyl (C=O) groups excluding carboxylic acids is 1. The van der Waals surface area contributed by atoms with E-state index in [4.69, 9.17) is 14.5 Å². The third-order valence-electron chi connectivity index (χ3n) is 14.8. The molecule has 6 N–H and O–H groups in total. The number of carbonyl (C=O) groups is 1. The first kappa shape index (κ1) is 47.9. The van der Waals surface area contributed by atoms with Crippen LogP contribution in [0.4, 0.5) is 0 Å². The van der Waals surface area contributed by atoms with E-state index < -0.39 is 44.3 Å². The van der Waals surface area contributed by atoms with Crippen molar-refractivity contribution in [3.05, 3.63) is 0 Å². The number of thioether (sulfide) groups is 1. The molecule has 15 heteroatoms. The molecule has 5 aliphatic rings. The SMILES string of the molecule is CC(C)CCC[C@@H](C)[C@H]1CC[C@H]2[C@@H]3CCC4C[C@@H](C(=O)NCCC([O-])=NCCCS[C@@H]5O[C@H](COP(=O)(O)O)[C@@H](O)[C@H](O)[C@@H]5O)CC[C@]4(C)[C@H]3CC[C@]12C.[Na+]. The summed E-state index contributed by atoms with van der Waals surface area (Å²) in [5, 5.41) is 46.0. The van der Waals surface area contributed by atoms with Crippen LogP contribution >= 0.6 is 19.6 Å². The Hall–Kier alpha value is 0.240. The molecule has 0 radical (unpaired) electrons. The summed E-state index contributed by atoms with van der Waals surface area (Å²) in [6.07, 6.45) is 9.93. The molecule has 4 saturated carbocycles. The second-order valence-electron chi connectivity index (χ2n) is 18.5. The summed E-state index contributed by atoms with van der Waals surface area (Å²) in [6, 6.07) is 0. The van der Waals surface area contributed by atoms with E-state index in [1.165, 1.54) is 57.8 Å². The first-order valence-corrected chi connectivity index (χ1v) is 23.5. The van der Waals surface area contributed by atoms with Gasteiger partial charge in [0, 0.05) is 19.0 Å². The van der Waals surface area contributed by atoms with E-state index in [0.717, 1.165) is 66.5 Å². The number of aliphatic hydroxyl groups excluding tert-OH is 3. The topological polar surface area (TPSA) is 201 Å². The molecule has 1 unspecified atom stereocenters. The van der Waals surface area contributed by atoms with Gasteiger partial charge in [0.2, 0.25) is 5.91 Å². The number of aliphatic hydroxyl groups is 3. The maximum atomic E-state index is 13.3. The average Bonchev–Trinajstić information content (AvgIpc) is 3.47. The van der Waals surface area contributed by atoms with Gasteiger partial charge < -0.3 is 45.3 Å². The van der Waals surface area contributed by atoms with E-state index in [9.17, 15) is 29.8 Å². The molecule has 5 rings (SSSR count). The van der Waals surface area contributed by atoms with E-state index >= 15 is 0 Å². The van der Waals surface area contributed by atoms with Crippen molar-refractivity contribution in [2.75, 3.05) is 25.4 Å². The quantitative estimate of drug-likeness (QED) is 0.0413. The van der Waals surface area contributed by atoms with Crippen molar-refractivity contribution in [3.8, 4) is 0 Å². The summed E-state index contributed by atoms with van der Waals surface area (Å²) in [4.78, 5) is 35.3. The van der Waals surface area contributed by atoms with E-state index in [-0.39, 0.29) is 66.8 Å². The van der Waals surface area contributed by atoms with Crippen molar-refractivity contribution in [1.82, 2.24) is 5.32 Å². The van der Waals surface area contributed by atoms with E-state index in [2.05, 4.69) is 49.5 Å². The molecule has 0 aromatic rings. The van der Waals surface area contributed by atoms with Gasteiger partial charge in [-0.25, -0.2) is 4.57 Å². The predicted octanol–water partition coefficient (Wildman–Crippen LogP) is 2.03. The van der Waals surface area contributed by atoms with Gasteiger partial charge in [-0.15, -0.1) is 11.8 Å². The molecule has 0 aromatic carbocycles. The molecule has 0 spiro atoms. The largest absolute Gasteiger partial charge is 1.00 e. The molecule has 12 nitrogen and oxygen atoms in total. The van der Waals surface area contributed by atoms with Crippen LogP contribution in [0.25, 0.3) is 0 Å². The summed E-state index contributed by atoms with van der Waals surface area (Å²) in [6.45, 7) is 12.3. The number of hydrogen-bond donors (Lipinski definition) is 6. The summed E-state index contributed by atoms with van der Waals surface area (Å²) >= 11 is 1.14. The molecule has 14 atom stereocenters. The van der Waals surface area contributed by atoms with Crippen molar-refractivity contribution < 1.29 is 78.4 Å². The minimum absolute atomic E-state index is 0. The Balaban J connectivity index is 0.00000673. The number of phosphoric acid groups is 1. The van der Waals surface area contributed by atoms with Crippen LogP contribution in [0.1, 0.15) is 125 Å². The summed E-state index contributed by atoms with van der Waals surface area (Å²) in [7, 11) is -4.81. The number of nitrogens with one attached hydrogen (secondary N) is 1. The normalized spacial score (nSPS) is 39.8. The molecule has 0 aromatic heterocycles. The Morgan fingerprint density at radius 1 is 0.964 bits per heavy atom. The van der Waals surface area contributed by atoms with E-state index in [1.54, 1.807) is 0 Å². The van der Waals surface area contributed by atoms with Gasteiger partial charge in [-0.2, -0.15) is 0 Å². The number of phosphoric ester groups is 1. The maximum absolute atomic E-state index is 13.3. The predicted molar refractivity (Wildman–Crippen MR) is 208 cm³/mol. The van der Waals surface area contributed by atoms with Crippen molar-refractivity contribution in [3.63, 3.8) is 0 Å². The molecule has 1 saturated heterocycles. The van der Waals surface area contributed by atoms with Crippen LogP contribution in [0.15, 0.2) is 4.99 Å². The molecule has 0 bridgehead atoms. The third kappa shape index (κ3) is 11.7. The van der Waals surface area contributed by atoms with Crippen molar-refractivity contribution in [2.24, 2.45) is 63.2 Å². The minimum Gasteiger partial charge on any atom is -0.862 e. The third-order valence-corrected chi connectivity index (χ3v) is 16.6. The van der Waals surface area contributed by atoms with Gasteiger partial charge in [0.15, 0.2) is 0 Å². The van der Waals surface area contributed by atoms with Crippen LogP contribution in [-0.4, -0.2) is 92.2 Å². The Morgan fingerprint density at radius 3 is 2.38 bits per heavy atom. The number of hydrogen-bond acceptors (Lipinski definition) is 10. The number of ether oxygens (including phenoxy) is 1. The van der Waals surface area contributed by atoms with Gasteiger partial charge in [-0.05, 0) is 135 Å². The summed E-state index contributed by atoms with van der Waals surface area (Å²) < 4.78 is 20.9. The molecule has 4 aliphatic carbocycles. The Labute approximate surface area is 356 Å². The number of aliphatic imine (C=N–C) groups is 1. The molecular formula is C40H70N2NaO10PS. The fourth-order valence-electron chi connectivity index (χ4n) is 11.9. The van der Waals surface area contributed by atoms with Gasteiger partial charge in [0.25, 0.3) is 0 Å². The van der Waals surface area contributed by atoms with Crippen LogP contribution in [0.2, 0.25) is 0 Å². The molecule has 5 fully saturated rings. The first-order valence-electron chi connectivity index (χ1n) is 20.9. The monoisotopic (exact) mass is 824 g/mol. The van der Waals surface area contributed by atoms with Crippen LogP contribution in [0, 0.1) is 58.2 Å². The maximum Gasteiger partial charge on any atom is 1.00 e. The van der Waals surface area contributed by atoms with Gasteiger partial charge in [-0.3, -0.25) is 9.32 Å². The van der Waals surface area contributed by atoms with Crippen molar-refractivity contribution >= 4 is 31.4 Å². The summed E-state index contributed by atoms with van der Waals surface area (Å²) in [5.41, 5.74) is -0.159. The zero-order chi connectivity index (χ0) is 39.4. The van der Waals surface area contributed by atoms with Crippen molar-refractivity contribution in [2.45, 2.75) is 154 Å². The number of nitrogens with zero attached hydrogens (tertiary/aromatic N) is 1. The van der Waals surface area contributed by atoms with Gasteiger partial charge in [0.05, 0.1) is 6.61 Å². The van der Waals surface area contributed by atoms with Crippen LogP contribution in [-0.2, 0) is 18.6 Å². The molecule has 1 aliphatic heterocycles. The molecular weight excluding hydrogens is 754 g/mol. The number of fused-ring (bicyclic) bond motifs is 5. The van der Waals surface area contributed by atoms with Gasteiger partial charge in [0.1, 0.15) is 29.9 Å². The minimum atomic E-state index is -4.81. The van der Waals surface area contributed by atoms with Gasteiger partial charge >= 0.3 is 37.4 Å². The van der Waals surface area contributed by atoms with E-state index in [1.807, 2.05) is 0 Å². The fraction of sp³-hybridized carbons (Fsp3) is 0.950. The zero-order valence-corrected chi connectivity index (χ0v) is 38.0. The molecule has 312 valence electrons. The molecule has 1 amide bonds. The van der Waals surface area contributed by atoms with Crippen LogP contribution < -0.4 is 40.0 Å². The Bertz CT molecular complexity index is 1330.